The number of fused-ring (bicyclic) bond motifs is 1. The predicted octanol–water partition coefficient (Wildman–Crippen LogP) is 1.31. The second kappa shape index (κ2) is 6.65. The zero-order valence-corrected chi connectivity index (χ0v) is 14.4. The van der Waals surface area contributed by atoms with E-state index < -0.39 is 5.40 Å². The van der Waals surface area contributed by atoms with Crippen LogP contribution in [0.5, 0.6) is 0 Å². The molecule has 28 heavy (non-hydrogen) atoms. The fraction of sp³-hybridized carbons (Fsp3) is 0.0556. The van der Waals surface area contributed by atoms with Gasteiger partial charge in [0.1, 0.15) is 39.2 Å². The Hall–Kier alpha value is -3.39. The van der Waals surface area contributed by atoms with Gasteiger partial charge in [-0.2, -0.15) is 0 Å². The molecule has 0 saturated carbocycles. The topological polar surface area (TPSA) is 111 Å². The van der Waals surface area contributed by atoms with Crippen LogP contribution in [0.15, 0.2) is 48.8 Å². The Morgan fingerprint density at radius 2 is 1.64 bits per heavy atom. The van der Waals surface area contributed by atoms with Crippen LogP contribution in [-0.2, 0) is 5.40 Å². The van der Waals surface area contributed by atoms with Crippen LogP contribution in [0.2, 0.25) is 0 Å². The molecule has 0 unspecified atom stereocenters. The molecule has 2 heterocycles. The van der Waals surface area contributed by atoms with Gasteiger partial charge in [0.15, 0.2) is 0 Å². The highest BCUT2D eigenvalue weighted by Gasteiger charge is 2.21. The molecule has 2 aromatic carbocycles. The van der Waals surface area contributed by atoms with Crippen LogP contribution in [0.25, 0.3) is 33.4 Å². The van der Waals surface area contributed by atoms with E-state index in [9.17, 15) is 9.50 Å². The van der Waals surface area contributed by atoms with E-state index in [4.69, 9.17) is 21.4 Å². The van der Waals surface area contributed by atoms with Crippen LogP contribution in [0.3, 0.4) is 0 Å². The lowest BCUT2D eigenvalue weighted by Crippen LogP contribution is -2.27. The van der Waals surface area contributed by atoms with Crippen molar-refractivity contribution < 1.29 is 9.50 Å². The normalized spacial score (nSPS) is 11.6. The summed E-state index contributed by atoms with van der Waals surface area (Å²) in [5, 5.41) is 16.3. The van der Waals surface area contributed by atoms with Crippen molar-refractivity contribution in [3.05, 3.63) is 60.3 Å². The lowest BCUT2D eigenvalue weighted by atomic mass is 9.62. The Kier molecular flexibility index (Phi) is 4.27. The predicted molar refractivity (Wildman–Crippen MR) is 104 cm³/mol. The molecule has 0 aliphatic carbocycles. The van der Waals surface area contributed by atoms with E-state index in [0.717, 1.165) is 0 Å². The first-order valence-electron chi connectivity index (χ1n) is 8.15. The number of aromatic nitrogens is 5. The molecule has 0 aliphatic rings. The maximum absolute atomic E-state index is 13.3. The first-order chi connectivity index (χ1) is 13.3. The number of hydrogen-bond acceptors (Lipinski definition) is 7. The molecule has 132 valence electrons. The van der Waals surface area contributed by atoms with Gasteiger partial charge in [-0.25, -0.2) is 19.3 Å². The Balaban J connectivity index is 1.95. The number of hydrogen-bond donors (Lipinski definition) is 2. The van der Waals surface area contributed by atoms with Crippen LogP contribution in [0.4, 0.5) is 10.3 Å². The highest BCUT2D eigenvalue weighted by Crippen LogP contribution is 2.32. The molecule has 0 saturated heterocycles. The van der Waals surface area contributed by atoms with Crippen LogP contribution in [0.1, 0.15) is 5.69 Å². The fourth-order valence-electron chi connectivity index (χ4n) is 2.86. The Morgan fingerprint density at radius 1 is 0.929 bits per heavy atom. The highest BCUT2D eigenvalue weighted by molar-refractivity contribution is 6.39. The summed E-state index contributed by atoms with van der Waals surface area (Å²) in [6, 6.07) is 10.9. The van der Waals surface area contributed by atoms with Crippen molar-refractivity contribution in [2.24, 2.45) is 0 Å². The number of aliphatic hydroxyl groups is 1. The van der Waals surface area contributed by atoms with E-state index in [-0.39, 0.29) is 17.5 Å². The molecule has 4 aromatic rings. The SMILES string of the molecule is [B]C([B])(O)c1ncnc2ccc(-c3nnc(N)nc3-c3ccc(F)cc3)cc12. The third kappa shape index (κ3) is 3.29. The van der Waals surface area contributed by atoms with E-state index in [0.29, 0.717) is 33.4 Å². The number of halogens is 1. The number of rotatable bonds is 3. The summed E-state index contributed by atoms with van der Waals surface area (Å²) in [5.41, 5.74) is 8.30. The van der Waals surface area contributed by atoms with Gasteiger partial charge < -0.3 is 10.8 Å². The van der Waals surface area contributed by atoms with Gasteiger partial charge in [0, 0.05) is 21.9 Å². The standard InChI is InChI=1S/C18H11B2FN6O/c19-18(20,28)16-12-7-10(3-6-13(12)23-8-24-16)15-14(25-17(22)27-26-15)9-1-4-11(21)5-2-9/h1-8,28H,(H2,22,25,27). The Labute approximate surface area is 161 Å². The molecule has 0 atom stereocenters. The molecule has 0 spiro atoms. The summed E-state index contributed by atoms with van der Waals surface area (Å²) >= 11 is 0. The number of nitrogens with zero attached hydrogens (tertiary/aromatic N) is 5. The summed E-state index contributed by atoms with van der Waals surface area (Å²) in [5.74, 6) is -0.399. The minimum absolute atomic E-state index is 0.0221. The van der Waals surface area contributed by atoms with E-state index in [2.05, 4.69) is 25.1 Å². The maximum Gasteiger partial charge on any atom is 0.240 e. The first kappa shape index (κ1) is 18.0. The van der Waals surface area contributed by atoms with E-state index in [1.807, 2.05) is 0 Å². The average molecular weight is 368 g/mol. The van der Waals surface area contributed by atoms with Crippen LogP contribution in [0, 0.1) is 5.82 Å². The minimum Gasteiger partial charge on any atom is -0.403 e. The molecular weight excluding hydrogens is 357 g/mol. The van der Waals surface area contributed by atoms with Crippen molar-refractivity contribution in [2.75, 3.05) is 5.73 Å². The van der Waals surface area contributed by atoms with Crippen LogP contribution >= 0.6 is 0 Å². The molecule has 0 aliphatic heterocycles. The van der Waals surface area contributed by atoms with Gasteiger partial charge in [-0.3, -0.25) is 0 Å². The number of nitrogens with two attached hydrogens (primary N) is 1. The summed E-state index contributed by atoms with van der Waals surface area (Å²) in [4.78, 5) is 12.4. The maximum atomic E-state index is 13.3. The largest absolute Gasteiger partial charge is 0.403 e. The molecule has 4 radical (unpaired) electrons. The first-order valence-corrected chi connectivity index (χ1v) is 8.15. The summed E-state index contributed by atoms with van der Waals surface area (Å²) in [6.45, 7) is 0. The van der Waals surface area contributed by atoms with Crippen molar-refractivity contribution in [3.8, 4) is 22.5 Å². The average Bonchev–Trinajstić information content (AvgIpc) is 2.67. The molecule has 10 heteroatoms. The van der Waals surface area contributed by atoms with Crippen LogP contribution in [-0.4, -0.2) is 45.9 Å². The van der Waals surface area contributed by atoms with Gasteiger partial charge >= 0.3 is 0 Å². The van der Waals surface area contributed by atoms with Gasteiger partial charge in [-0.05, 0) is 36.4 Å². The third-order valence-electron chi connectivity index (χ3n) is 4.11. The number of benzene rings is 2. The minimum atomic E-state index is -2.15. The lowest BCUT2D eigenvalue weighted by molar-refractivity contribution is 0.213. The molecule has 0 bridgehead atoms. The molecule has 4 rings (SSSR count). The quantitative estimate of drug-likeness (QED) is 0.525. The Bertz CT molecular complexity index is 1180. The fourth-order valence-corrected chi connectivity index (χ4v) is 2.86. The zero-order valence-electron chi connectivity index (χ0n) is 14.4. The van der Waals surface area contributed by atoms with Crippen LogP contribution < -0.4 is 5.73 Å². The van der Waals surface area contributed by atoms with Gasteiger partial charge in [0.2, 0.25) is 5.95 Å². The summed E-state index contributed by atoms with van der Waals surface area (Å²) in [6.07, 6.45) is 1.26. The van der Waals surface area contributed by atoms with Gasteiger partial charge in [0.25, 0.3) is 0 Å². The second-order valence-corrected chi connectivity index (χ2v) is 6.15. The number of anilines is 1. The lowest BCUT2D eigenvalue weighted by Gasteiger charge is -2.19. The van der Waals surface area contributed by atoms with Crippen molar-refractivity contribution in [1.82, 2.24) is 25.1 Å². The smallest absolute Gasteiger partial charge is 0.240 e. The highest BCUT2D eigenvalue weighted by atomic mass is 19.1. The van der Waals surface area contributed by atoms with E-state index in [1.54, 1.807) is 30.3 Å². The third-order valence-corrected chi connectivity index (χ3v) is 4.11. The molecule has 0 fully saturated rings. The summed E-state index contributed by atoms with van der Waals surface area (Å²) in [7, 11) is 11.2. The van der Waals surface area contributed by atoms with Crippen molar-refractivity contribution in [3.63, 3.8) is 0 Å². The van der Waals surface area contributed by atoms with Gasteiger partial charge in [-0.1, -0.05) is 6.07 Å². The van der Waals surface area contributed by atoms with Crippen molar-refractivity contribution in [1.29, 1.82) is 0 Å². The van der Waals surface area contributed by atoms with E-state index in [1.165, 1.54) is 18.5 Å². The zero-order chi connectivity index (χ0) is 19.9. The van der Waals surface area contributed by atoms with Gasteiger partial charge in [0.05, 0.1) is 11.2 Å². The van der Waals surface area contributed by atoms with Crippen molar-refractivity contribution >= 4 is 32.5 Å². The molecular formula is C18H11B2FN6O. The van der Waals surface area contributed by atoms with Crippen molar-refractivity contribution in [2.45, 2.75) is 5.40 Å². The molecule has 0 amide bonds. The summed E-state index contributed by atoms with van der Waals surface area (Å²) < 4.78 is 13.3. The molecule has 3 N–H and O–H groups in total. The second-order valence-electron chi connectivity index (χ2n) is 6.15. The molecule has 7 nitrogen and oxygen atoms in total. The molecule has 2 aromatic heterocycles. The monoisotopic (exact) mass is 368 g/mol. The number of nitrogen functional groups attached to an aromatic ring is 1. The Morgan fingerprint density at radius 3 is 2.36 bits per heavy atom. The van der Waals surface area contributed by atoms with E-state index >= 15 is 0 Å². The van der Waals surface area contributed by atoms with Gasteiger partial charge in [-0.15, -0.1) is 10.2 Å².